The molecule has 152 valence electrons. The number of rotatable bonds is 18. The summed E-state index contributed by atoms with van der Waals surface area (Å²) in [7, 11) is -2.90. The van der Waals surface area contributed by atoms with E-state index < -0.39 is 16.6 Å². The van der Waals surface area contributed by atoms with E-state index in [1.165, 1.54) is 89.1 Å². The van der Waals surface area contributed by atoms with E-state index in [2.05, 4.69) is 58.0 Å². The first-order valence-electron chi connectivity index (χ1n) is 10.6. The largest absolute Gasteiger partial charge is 0.456 e. The molecule has 0 atom stereocenters. The van der Waals surface area contributed by atoms with Crippen LogP contribution >= 0.6 is 31.9 Å². The van der Waals surface area contributed by atoms with Gasteiger partial charge >= 0.3 is 0 Å². The van der Waals surface area contributed by atoms with Crippen LogP contribution in [0.1, 0.15) is 77.0 Å². The molecule has 0 bridgehead atoms. The SMILES string of the molecule is C[Si](C)(C)O[Si](C)(CCCCCCCCBr)CCCCCCCCBr. The monoisotopic (exact) mass is 514 g/mol. The highest BCUT2D eigenvalue weighted by atomic mass is 79.9. The highest BCUT2D eigenvalue weighted by Crippen LogP contribution is 2.28. The highest BCUT2D eigenvalue weighted by molar-refractivity contribution is 9.09. The van der Waals surface area contributed by atoms with Crippen molar-refractivity contribution in [2.75, 3.05) is 10.7 Å². The molecule has 0 aromatic rings. The minimum absolute atomic E-state index is 1.16. The Morgan fingerprint density at radius 2 is 0.840 bits per heavy atom. The van der Waals surface area contributed by atoms with Gasteiger partial charge in [-0.15, -0.1) is 0 Å². The van der Waals surface area contributed by atoms with Crippen LogP contribution in [0.3, 0.4) is 0 Å². The van der Waals surface area contributed by atoms with Gasteiger partial charge in [0, 0.05) is 10.7 Å². The molecule has 1 nitrogen and oxygen atoms in total. The predicted octanol–water partition coefficient (Wildman–Crippen LogP) is 8.88. The Bertz CT molecular complexity index is 278. The maximum absolute atomic E-state index is 6.78. The first-order chi connectivity index (χ1) is 11.8. The summed E-state index contributed by atoms with van der Waals surface area (Å²) in [6.07, 6.45) is 16.7. The minimum Gasteiger partial charge on any atom is -0.456 e. The smallest absolute Gasteiger partial charge is 0.176 e. The molecule has 0 aliphatic carbocycles. The lowest BCUT2D eigenvalue weighted by molar-refractivity contribution is 0.516. The van der Waals surface area contributed by atoms with Gasteiger partial charge in [0.2, 0.25) is 0 Å². The lowest BCUT2D eigenvalue weighted by Crippen LogP contribution is -2.44. The molecule has 0 aliphatic heterocycles. The highest BCUT2D eigenvalue weighted by Gasteiger charge is 2.33. The molecule has 0 aromatic heterocycles. The van der Waals surface area contributed by atoms with Crippen molar-refractivity contribution in [1.82, 2.24) is 0 Å². The zero-order valence-electron chi connectivity index (χ0n) is 17.5. The molecule has 25 heavy (non-hydrogen) atoms. The van der Waals surface area contributed by atoms with Crippen molar-refractivity contribution < 1.29 is 4.12 Å². The van der Waals surface area contributed by atoms with Crippen LogP contribution in [-0.2, 0) is 4.12 Å². The van der Waals surface area contributed by atoms with Gasteiger partial charge in [0.25, 0.3) is 0 Å². The molecule has 0 heterocycles. The third-order valence-electron chi connectivity index (χ3n) is 4.73. The van der Waals surface area contributed by atoms with Crippen LogP contribution in [0.4, 0.5) is 0 Å². The van der Waals surface area contributed by atoms with Crippen LogP contribution in [0.2, 0.25) is 38.3 Å². The molecule has 0 unspecified atom stereocenters. The third kappa shape index (κ3) is 18.5. The number of hydrogen-bond donors (Lipinski definition) is 0. The fourth-order valence-electron chi connectivity index (χ4n) is 3.57. The maximum atomic E-state index is 6.78. The molecule has 0 saturated heterocycles. The fourth-order valence-corrected chi connectivity index (χ4v) is 13.3. The quantitative estimate of drug-likeness (QED) is 0.100. The van der Waals surface area contributed by atoms with Crippen LogP contribution in [0.15, 0.2) is 0 Å². The molecule has 0 fully saturated rings. The average molecular weight is 517 g/mol. The molecule has 0 saturated carbocycles. The van der Waals surface area contributed by atoms with Gasteiger partial charge < -0.3 is 4.12 Å². The summed E-state index contributed by atoms with van der Waals surface area (Å²) >= 11 is 7.05. The minimum atomic E-state index is -1.49. The molecular formula is C20H44Br2OSi2. The molecule has 0 spiro atoms. The summed E-state index contributed by atoms with van der Waals surface area (Å²) in [5.41, 5.74) is 0. The molecule has 5 heteroatoms. The van der Waals surface area contributed by atoms with E-state index in [1.807, 2.05) is 0 Å². The molecular weight excluding hydrogens is 472 g/mol. The van der Waals surface area contributed by atoms with E-state index in [0.29, 0.717) is 0 Å². The number of halogens is 2. The Balaban J connectivity index is 4.04. The van der Waals surface area contributed by atoms with E-state index in [1.54, 1.807) is 0 Å². The Hall–Kier alpha value is 1.35. The van der Waals surface area contributed by atoms with Crippen molar-refractivity contribution in [3.63, 3.8) is 0 Å². The number of alkyl halides is 2. The van der Waals surface area contributed by atoms with Crippen molar-refractivity contribution in [2.45, 2.75) is 115 Å². The summed E-state index contributed by atoms with van der Waals surface area (Å²) in [5, 5.41) is 2.33. The van der Waals surface area contributed by atoms with E-state index in [9.17, 15) is 0 Å². The Labute approximate surface area is 178 Å². The zero-order valence-corrected chi connectivity index (χ0v) is 22.6. The lowest BCUT2D eigenvalue weighted by atomic mass is 10.1. The van der Waals surface area contributed by atoms with Crippen LogP contribution in [0.5, 0.6) is 0 Å². The van der Waals surface area contributed by atoms with E-state index in [4.69, 9.17) is 4.12 Å². The summed E-state index contributed by atoms with van der Waals surface area (Å²) in [6, 6.07) is 2.78. The Morgan fingerprint density at radius 3 is 1.16 bits per heavy atom. The molecule has 0 rings (SSSR count). The molecule has 0 aromatic carbocycles. The van der Waals surface area contributed by atoms with E-state index in [0.717, 1.165) is 10.7 Å². The van der Waals surface area contributed by atoms with Gasteiger partial charge in [-0.05, 0) is 51.1 Å². The number of hydrogen-bond acceptors (Lipinski definition) is 1. The fraction of sp³-hybridized carbons (Fsp3) is 1.00. The van der Waals surface area contributed by atoms with Gasteiger partial charge in [-0.1, -0.05) is 96.1 Å². The van der Waals surface area contributed by atoms with Gasteiger partial charge in [-0.3, -0.25) is 0 Å². The Morgan fingerprint density at radius 1 is 0.520 bits per heavy atom. The second-order valence-corrected chi connectivity index (χ2v) is 19.3. The summed E-state index contributed by atoms with van der Waals surface area (Å²) in [6.45, 7) is 9.65. The van der Waals surface area contributed by atoms with Crippen molar-refractivity contribution in [2.24, 2.45) is 0 Å². The van der Waals surface area contributed by atoms with Gasteiger partial charge in [0.1, 0.15) is 0 Å². The van der Waals surface area contributed by atoms with Crippen LogP contribution in [-0.4, -0.2) is 27.3 Å². The van der Waals surface area contributed by atoms with Gasteiger partial charge in [-0.25, -0.2) is 0 Å². The normalized spacial score (nSPS) is 12.7. The van der Waals surface area contributed by atoms with Gasteiger partial charge in [-0.2, -0.15) is 0 Å². The van der Waals surface area contributed by atoms with Gasteiger partial charge in [0.05, 0.1) is 0 Å². The van der Waals surface area contributed by atoms with Crippen molar-refractivity contribution in [1.29, 1.82) is 0 Å². The van der Waals surface area contributed by atoms with Crippen molar-refractivity contribution >= 4 is 48.5 Å². The lowest BCUT2D eigenvalue weighted by Gasteiger charge is -2.35. The molecule has 0 amide bonds. The maximum Gasteiger partial charge on any atom is 0.176 e. The predicted molar refractivity (Wildman–Crippen MR) is 129 cm³/mol. The molecule has 0 aliphatic rings. The Kier molecular flexibility index (Phi) is 17.2. The second-order valence-electron chi connectivity index (χ2n) is 8.78. The van der Waals surface area contributed by atoms with E-state index >= 15 is 0 Å². The average Bonchev–Trinajstić information content (AvgIpc) is 2.51. The van der Waals surface area contributed by atoms with E-state index in [-0.39, 0.29) is 0 Å². The van der Waals surface area contributed by atoms with Gasteiger partial charge in [0.15, 0.2) is 16.6 Å². The van der Waals surface area contributed by atoms with Crippen molar-refractivity contribution in [3.05, 3.63) is 0 Å². The molecule has 0 radical (unpaired) electrons. The first kappa shape index (κ1) is 26.4. The first-order valence-corrected chi connectivity index (χ1v) is 19.1. The van der Waals surface area contributed by atoms with Crippen LogP contribution < -0.4 is 0 Å². The van der Waals surface area contributed by atoms with Crippen LogP contribution in [0.25, 0.3) is 0 Å². The molecule has 0 N–H and O–H groups in total. The summed E-state index contributed by atoms with van der Waals surface area (Å²) < 4.78 is 6.78. The van der Waals surface area contributed by atoms with Crippen LogP contribution in [0, 0.1) is 0 Å². The topological polar surface area (TPSA) is 9.23 Å². The second kappa shape index (κ2) is 16.3. The van der Waals surface area contributed by atoms with Crippen molar-refractivity contribution in [3.8, 4) is 0 Å². The third-order valence-corrected chi connectivity index (χ3v) is 13.1. The summed E-state index contributed by atoms with van der Waals surface area (Å²) in [4.78, 5) is 0. The zero-order chi connectivity index (χ0) is 19.0. The standard InChI is InChI=1S/C20H44Br2OSi2/c1-24(2,3)23-25(4,19-15-11-7-5-9-13-17-21)20-16-12-8-6-10-14-18-22/h5-20H2,1-4H3. The summed E-state index contributed by atoms with van der Waals surface area (Å²) in [5.74, 6) is 0. The number of unbranched alkanes of at least 4 members (excludes halogenated alkanes) is 10.